The third kappa shape index (κ3) is 7.46. The van der Waals surface area contributed by atoms with Crippen molar-refractivity contribution >= 4 is 12.0 Å². The van der Waals surface area contributed by atoms with E-state index < -0.39 is 5.97 Å². The number of unbranched alkanes of at least 4 members (excludes halogenated alkanes) is 1. The SMILES string of the molecule is CCCC[C@H](CC)COC(=O)/C(C#N)=C/C=C\c1ccccc1. The first-order valence-corrected chi connectivity index (χ1v) is 8.21. The zero-order valence-corrected chi connectivity index (χ0v) is 14.0. The van der Waals surface area contributed by atoms with Gasteiger partial charge in [-0.05, 0) is 24.0 Å². The van der Waals surface area contributed by atoms with E-state index in [0.717, 1.165) is 31.2 Å². The summed E-state index contributed by atoms with van der Waals surface area (Å²) in [6, 6.07) is 11.6. The van der Waals surface area contributed by atoms with Crippen LogP contribution in [0.2, 0.25) is 0 Å². The molecule has 0 saturated carbocycles. The van der Waals surface area contributed by atoms with Gasteiger partial charge in [0.1, 0.15) is 11.6 Å². The number of nitriles is 1. The first-order valence-electron chi connectivity index (χ1n) is 8.21. The molecule has 0 bridgehead atoms. The molecule has 1 aromatic rings. The summed E-state index contributed by atoms with van der Waals surface area (Å²) in [4.78, 5) is 12.0. The van der Waals surface area contributed by atoms with Crippen LogP contribution in [0.4, 0.5) is 0 Å². The number of hydrogen-bond donors (Lipinski definition) is 0. The summed E-state index contributed by atoms with van der Waals surface area (Å²) in [5, 5.41) is 9.10. The summed E-state index contributed by atoms with van der Waals surface area (Å²) in [6.45, 7) is 4.63. The normalized spacial score (nSPS) is 12.8. The lowest BCUT2D eigenvalue weighted by atomic mass is 10.0. The highest BCUT2D eigenvalue weighted by Crippen LogP contribution is 2.13. The van der Waals surface area contributed by atoms with Gasteiger partial charge >= 0.3 is 5.97 Å². The highest BCUT2D eigenvalue weighted by Gasteiger charge is 2.13. The number of carbonyl (C=O) groups is 1. The maximum absolute atomic E-state index is 12.0. The number of allylic oxidation sites excluding steroid dienone is 2. The third-order valence-electron chi connectivity index (χ3n) is 3.68. The number of rotatable bonds is 9. The van der Waals surface area contributed by atoms with Gasteiger partial charge in [0.25, 0.3) is 0 Å². The van der Waals surface area contributed by atoms with E-state index in [0.29, 0.717) is 12.5 Å². The van der Waals surface area contributed by atoms with Crippen LogP contribution in [0.3, 0.4) is 0 Å². The molecule has 0 amide bonds. The second kappa shape index (κ2) is 11.3. The van der Waals surface area contributed by atoms with Gasteiger partial charge in [-0.1, -0.05) is 75.6 Å². The average Bonchev–Trinajstić information content (AvgIpc) is 2.59. The first-order chi connectivity index (χ1) is 11.2. The van der Waals surface area contributed by atoms with Gasteiger partial charge in [0.2, 0.25) is 0 Å². The smallest absolute Gasteiger partial charge is 0.348 e. The van der Waals surface area contributed by atoms with Gasteiger partial charge < -0.3 is 4.74 Å². The summed E-state index contributed by atoms with van der Waals surface area (Å²) in [5.74, 6) is -0.168. The van der Waals surface area contributed by atoms with Gasteiger partial charge in [-0.2, -0.15) is 5.26 Å². The number of hydrogen-bond acceptors (Lipinski definition) is 3. The Kier molecular flexibility index (Phi) is 9.16. The van der Waals surface area contributed by atoms with Crippen LogP contribution in [0, 0.1) is 17.2 Å². The number of benzene rings is 1. The van der Waals surface area contributed by atoms with E-state index >= 15 is 0 Å². The van der Waals surface area contributed by atoms with Crippen LogP contribution in [0.15, 0.2) is 48.1 Å². The second-order valence-electron chi connectivity index (χ2n) is 5.48. The summed E-state index contributed by atoms with van der Waals surface area (Å²) in [5.41, 5.74) is 1.04. The third-order valence-corrected chi connectivity index (χ3v) is 3.68. The summed E-state index contributed by atoms with van der Waals surface area (Å²) in [7, 11) is 0. The number of esters is 1. The van der Waals surface area contributed by atoms with Crippen molar-refractivity contribution in [1.82, 2.24) is 0 Å². The minimum absolute atomic E-state index is 0.0301. The van der Waals surface area contributed by atoms with Gasteiger partial charge in [0, 0.05) is 0 Å². The quantitative estimate of drug-likeness (QED) is 0.282. The number of ether oxygens (including phenoxy) is 1. The molecule has 0 aliphatic carbocycles. The maximum Gasteiger partial charge on any atom is 0.348 e. The van der Waals surface area contributed by atoms with Crippen molar-refractivity contribution in [1.29, 1.82) is 5.26 Å². The first kappa shape index (κ1) is 18.7. The molecule has 122 valence electrons. The van der Waals surface area contributed by atoms with E-state index in [9.17, 15) is 4.79 Å². The van der Waals surface area contributed by atoms with Crippen LogP contribution in [-0.4, -0.2) is 12.6 Å². The van der Waals surface area contributed by atoms with Crippen molar-refractivity contribution in [2.45, 2.75) is 39.5 Å². The van der Waals surface area contributed by atoms with Crippen LogP contribution >= 0.6 is 0 Å². The van der Waals surface area contributed by atoms with E-state index in [4.69, 9.17) is 10.00 Å². The van der Waals surface area contributed by atoms with Gasteiger partial charge in [0.15, 0.2) is 0 Å². The Hall–Kier alpha value is -2.34. The Labute approximate surface area is 139 Å². The number of carbonyl (C=O) groups excluding carboxylic acids is 1. The molecule has 1 atom stereocenters. The minimum atomic E-state index is -0.542. The van der Waals surface area contributed by atoms with Crippen molar-refractivity contribution in [3.05, 3.63) is 53.6 Å². The highest BCUT2D eigenvalue weighted by molar-refractivity contribution is 5.93. The molecule has 0 aliphatic heterocycles. The molecule has 0 aliphatic rings. The molecule has 0 spiro atoms. The average molecular weight is 311 g/mol. The molecule has 1 aromatic carbocycles. The van der Waals surface area contributed by atoms with E-state index in [1.807, 2.05) is 42.5 Å². The lowest BCUT2D eigenvalue weighted by Crippen LogP contribution is -2.14. The molecular formula is C20H25NO2. The molecule has 0 N–H and O–H groups in total. The molecular weight excluding hydrogens is 286 g/mol. The van der Waals surface area contributed by atoms with Gasteiger partial charge in [0.05, 0.1) is 6.61 Å². The summed E-state index contributed by atoms with van der Waals surface area (Å²) in [6.07, 6.45) is 9.36. The topological polar surface area (TPSA) is 50.1 Å². The van der Waals surface area contributed by atoms with Crippen LogP contribution < -0.4 is 0 Å². The fraction of sp³-hybridized carbons (Fsp3) is 0.400. The van der Waals surface area contributed by atoms with E-state index in [-0.39, 0.29) is 5.57 Å². The van der Waals surface area contributed by atoms with E-state index in [1.54, 1.807) is 6.08 Å². The Bertz CT molecular complexity index is 567. The number of nitrogens with zero attached hydrogens (tertiary/aromatic N) is 1. The molecule has 0 fully saturated rings. The van der Waals surface area contributed by atoms with Crippen molar-refractivity contribution in [3.63, 3.8) is 0 Å². The molecule has 0 saturated heterocycles. The molecule has 3 heteroatoms. The monoisotopic (exact) mass is 311 g/mol. The van der Waals surface area contributed by atoms with Crippen molar-refractivity contribution < 1.29 is 9.53 Å². The Morgan fingerprint density at radius 1 is 1.30 bits per heavy atom. The fourth-order valence-electron chi connectivity index (χ4n) is 2.14. The standard InChI is InChI=1S/C20H25NO2/c1-3-5-10-17(4-2)16-23-20(22)19(15-21)14-9-13-18-11-7-6-8-12-18/h6-9,11-14,17H,3-5,10,16H2,1-2H3/b13-9-,19-14+/t17-/m0/s1. The Morgan fingerprint density at radius 2 is 2.04 bits per heavy atom. The maximum atomic E-state index is 12.0. The second-order valence-corrected chi connectivity index (χ2v) is 5.48. The lowest BCUT2D eigenvalue weighted by molar-refractivity contribution is -0.140. The lowest BCUT2D eigenvalue weighted by Gasteiger charge is -2.14. The highest BCUT2D eigenvalue weighted by atomic mass is 16.5. The Morgan fingerprint density at radius 3 is 2.65 bits per heavy atom. The largest absolute Gasteiger partial charge is 0.461 e. The summed E-state index contributed by atoms with van der Waals surface area (Å²) >= 11 is 0. The molecule has 0 heterocycles. The minimum Gasteiger partial charge on any atom is -0.461 e. The molecule has 0 radical (unpaired) electrons. The van der Waals surface area contributed by atoms with Crippen LogP contribution in [0.1, 0.15) is 45.1 Å². The predicted molar refractivity (Wildman–Crippen MR) is 93.4 cm³/mol. The van der Waals surface area contributed by atoms with Crippen LogP contribution in [-0.2, 0) is 9.53 Å². The van der Waals surface area contributed by atoms with E-state index in [2.05, 4.69) is 13.8 Å². The van der Waals surface area contributed by atoms with Crippen molar-refractivity contribution in [2.75, 3.05) is 6.61 Å². The Balaban J connectivity index is 2.56. The molecule has 0 unspecified atom stereocenters. The zero-order chi connectivity index (χ0) is 16.9. The van der Waals surface area contributed by atoms with Gasteiger partial charge in [-0.25, -0.2) is 4.79 Å². The van der Waals surface area contributed by atoms with Crippen LogP contribution in [0.5, 0.6) is 0 Å². The predicted octanol–water partition coefficient (Wildman–Crippen LogP) is 4.91. The van der Waals surface area contributed by atoms with Gasteiger partial charge in [-0.15, -0.1) is 0 Å². The molecule has 0 aromatic heterocycles. The fourth-order valence-corrected chi connectivity index (χ4v) is 2.14. The van der Waals surface area contributed by atoms with Crippen LogP contribution in [0.25, 0.3) is 6.08 Å². The zero-order valence-electron chi connectivity index (χ0n) is 14.0. The van der Waals surface area contributed by atoms with Crippen molar-refractivity contribution in [2.24, 2.45) is 5.92 Å². The van der Waals surface area contributed by atoms with E-state index in [1.165, 1.54) is 6.08 Å². The van der Waals surface area contributed by atoms with Gasteiger partial charge in [-0.3, -0.25) is 0 Å². The molecule has 3 nitrogen and oxygen atoms in total. The summed E-state index contributed by atoms with van der Waals surface area (Å²) < 4.78 is 5.28. The molecule has 23 heavy (non-hydrogen) atoms. The molecule has 1 rings (SSSR count). The van der Waals surface area contributed by atoms with Crippen molar-refractivity contribution in [3.8, 4) is 6.07 Å².